The van der Waals surface area contributed by atoms with Crippen molar-refractivity contribution in [2.75, 3.05) is 13.2 Å². The van der Waals surface area contributed by atoms with Crippen molar-refractivity contribution in [2.24, 2.45) is 0 Å². The third kappa shape index (κ3) is 45.5. The van der Waals surface area contributed by atoms with E-state index in [4.69, 9.17) is 9.47 Å². The first-order valence-electron chi connectivity index (χ1n) is 23.8. The Morgan fingerprint density at radius 2 is 0.690 bits per heavy atom. The van der Waals surface area contributed by atoms with E-state index >= 15 is 0 Å². The molecule has 0 aromatic rings. The minimum Gasteiger partial charge on any atom is -0.462 e. The molecule has 0 saturated carbocycles. The van der Waals surface area contributed by atoms with Crippen LogP contribution in [-0.2, 0) is 19.1 Å². The van der Waals surface area contributed by atoms with Crippen LogP contribution in [0.3, 0.4) is 0 Å². The van der Waals surface area contributed by atoms with Gasteiger partial charge in [-0.3, -0.25) is 9.59 Å². The van der Waals surface area contributed by atoms with Crippen LogP contribution >= 0.6 is 0 Å². The first-order valence-corrected chi connectivity index (χ1v) is 23.8. The number of allylic oxidation sites excluding steroid dienone is 16. The maximum absolute atomic E-state index is 12.2. The van der Waals surface area contributed by atoms with Crippen LogP contribution in [0.25, 0.3) is 0 Å². The number of rotatable bonds is 42. The molecule has 0 fully saturated rings. The minimum atomic E-state index is -0.785. The van der Waals surface area contributed by atoms with E-state index in [2.05, 4.69) is 111 Å². The van der Waals surface area contributed by atoms with Crippen molar-refractivity contribution in [3.8, 4) is 0 Å². The van der Waals surface area contributed by atoms with Crippen molar-refractivity contribution >= 4 is 11.9 Å². The van der Waals surface area contributed by atoms with Gasteiger partial charge in [0, 0.05) is 12.8 Å². The SMILES string of the molecule is CC/C=C\C/C=C\C/C=C\C/C=C\C/C=C\CCCCCCCCCCCCCCCC(=O)OC(CO)COC(=O)CCCCCCC/C=C\C/C=C\C/C=C\CC. The van der Waals surface area contributed by atoms with Crippen molar-refractivity contribution < 1.29 is 24.2 Å². The maximum atomic E-state index is 12.2. The Hall–Kier alpha value is -3.18. The number of unbranched alkanes of at least 4 members (excludes halogenated alkanes) is 18. The van der Waals surface area contributed by atoms with Crippen molar-refractivity contribution in [1.82, 2.24) is 0 Å². The second-order valence-electron chi connectivity index (χ2n) is 15.4. The van der Waals surface area contributed by atoms with Crippen LogP contribution in [0, 0.1) is 0 Å². The van der Waals surface area contributed by atoms with Gasteiger partial charge in [-0.05, 0) is 89.9 Å². The lowest BCUT2D eigenvalue weighted by atomic mass is 10.0. The zero-order chi connectivity index (χ0) is 42.1. The molecule has 1 unspecified atom stereocenters. The molecule has 0 aliphatic rings. The van der Waals surface area contributed by atoms with Crippen molar-refractivity contribution in [1.29, 1.82) is 0 Å². The van der Waals surface area contributed by atoms with Crippen molar-refractivity contribution in [3.63, 3.8) is 0 Å². The number of aliphatic hydroxyl groups is 1. The zero-order valence-corrected chi connectivity index (χ0v) is 37.5. The summed E-state index contributed by atoms with van der Waals surface area (Å²) in [4.78, 5) is 24.4. The molecule has 0 heterocycles. The highest BCUT2D eigenvalue weighted by Gasteiger charge is 2.16. The Morgan fingerprint density at radius 1 is 0.397 bits per heavy atom. The number of esters is 2. The largest absolute Gasteiger partial charge is 0.462 e. The minimum absolute atomic E-state index is 0.0795. The summed E-state index contributed by atoms with van der Waals surface area (Å²) in [5.74, 6) is -0.616. The summed E-state index contributed by atoms with van der Waals surface area (Å²) < 4.78 is 10.6. The highest BCUT2D eigenvalue weighted by atomic mass is 16.6. The molecule has 0 aromatic heterocycles. The van der Waals surface area contributed by atoms with Gasteiger partial charge < -0.3 is 14.6 Å². The summed E-state index contributed by atoms with van der Waals surface area (Å²) in [7, 11) is 0. The van der Waals surface area contributed by atoms with Gasteiger partial charge in [-0.25, -0.2) is 0 Å². The third-order valence-electron chi connectivity index (χ3n) is 9.87. The van der Waals surface area contributed by atoms with E-state index in [9.17, 15) is 14.7 Å². The number of hydrogen-bond donors (Lipinski definition) is 1. The molecule has 0 saturated heterocycles. The first kappa shape index (κ1) is 54.8. The van der Waals surface area contributed by atoms with E-state index in [-0.39, 0.29) is 25.2 Å². The number of aliphatic hydroxyl groups excluding tert-OH is 1. The fourth-order valence-electron chi connectivity index (χ4n) is 6.36. The van der Waals surface area contributed by atoms with Crippen LogP contribution in [-0.4, -0.2) is 36.4 Å². The molecule has 1 atom stereocenters. The summed E-state index contributed by atoms with van der Waals surface area (Å²) in [6.07, 6.45) is 67.8. The summed E-state index contributed by atoms with van der Waals surface area (Å²) in [6.45, 7) is 3.89. The zero-order valence-electron chi connectivity index (χ0n) is 37.5. The Balaban J connectivity index is 3.54. The standard InChI is InChI=1S/C53H88O5/c1-3-5-7-9-11-13-15-17-19-20-21-22-23-24-25-26-27-28-29-30-31-32-34-36-38-40-42-44-46-48-53(56)58-51(49-54)50-57-52(55)47-45-43-41-39-37-35-33-18-16-14-12-10-8-6-4-2/h5-8,11-14,17-19,21-22,24-25,33,51,54H,3-4,9-10,15-16,20,23,26-32,34-50H2,1-2H3/b7-5-,8-6-,13-11-,14-12-,19-17-,22-21-,25-24-,33-18-. The Bertz CT molecular complexity index is 1140. The van der Waals surface area contributed by atoms with E-state index in [1.165, 1.54) is 77.0 Å². The van der Waals surface area contributed by atoms with Gasteiger partial charge in [0.15, 0.2) is 6.10 Å². The Morgan fingerprint density at radius 3 is 1.03 bits per heavy atom. The van der Waals surface area contributed by atoms with Crippen LogP contribution in [0.2, 0.25) is 0 Å². The summed E-state index contributed by atoms with van der Waals surface area (Å²) in [5, 5.41) is 9.60. The molecule has 0 rings (SSSR count). The smallest absolute Gasteiger partial charge is 0.306 e. The van der Waals surface area contributed by atoms with Crippen LogP contribution in [0.1, 0.15) is 206 Å². The average molecular weight is 805 g/mol. The van der Waals surface area contributed by atoms with Gasteiger partial charge in [0.1, 0.15) is 6.61 Å². The molecule has 0 aromatic carbocycles. The fraction of sp³-hybridized carbons (Fsp3) is 0.660. The monoisotopic (exact) mass is 805 g/mol. The lowest BCUT2D eigenvalue weighted by molar-refractivity contribution is -0.161. The first-order chi connectivity index (χ1) is 28.6. The van der Waals surface area contributed by atoms with Gasteiger partial charge in [-0.1, -0.05) is 201 Å². The second-order valence-corrected chi connectivity index (χ2v) is 15.4. The lowest BCUT2D eigenvalue weighted by Crippen LogP contribution is -2.28. The summed E-state index contributed by atoms with van der Waals surface area (Å²) in [5.41, 5.74) is 0. The molecule has 0 bridgehead atoms. The van der Waals surface area contributed by atoms with E-state index in [0.29, 0.717) is 12.8 Å². The molecule has 0 aliphatic heterocycles. The van der Waals surface area contributed by atoms with Crippen LogP contribution in [0.4, 0.5) is 0 Å². The number of carbonyl (C=O) groups is 2. The molecule has 5 heteroatoms. The van der Waals surface area contributed by atoms with Gasteiger partial charge in [0.2, 0.25) is 0 Å². The van der Waals surface area contributed by atoms with Gasteiger partial charge in [0.25, 0.3) is 0 Å². The normalized spacial score (nSPS) is 13.1. The molecule has 0 amide bonds. The van der Waals surface area contributed by atoms with Gasteiger partial charge in [-0.15, -0.1) is 0 Å². The maximum Gasteiger partial charge on any atom is 0.306 e. The lowest BCUT2D eigenvalue weighted by Gasteiger charge is -2.15. The topological polar surface area (TPSA) is 72.8 Å². The summed E-state index contributed by atoms with van der Waals surface area (Å²) in [6, 6.07) is 0. The molecule has 0 aliphatic carbocycles. The van der Waals surface area contributed by atoms with E-state index < -0.39 is 6.10 Å². The van der Waals surface area contributed by atoms with Crippen molar-refractivity contribution in [3.05, 3.63) is 97.2 Å². The van der Waals surface area contributed by atoms with Gasteiger partial charge in [0.05, 0.1) is 6.61 Å². The van der Waals surface area contributed by atoms with Crippen LogP contribution < -0.4 is 0 Å². The second kappa shape index (κ2) is 48.2. The number of carbonyl (C=O) groups excluding carboxylic acids is 2. The fourth-order valence-corrected chi connectivity index (χ4v) is 6.36. The molecular weight excluding hydrogens is 717 g/mol. The van der Waals surface area contributed by atoms with Gasteiger partial charge >= 0.3 is 11.9 Å². The third-order valence-corrected chi connectivity index (χ3v) is 9.87. The van der Waals surface area contributed by atoms with E-state index in [1.54, 1.807) is 0 Å². The molecule has 0 radical (unpaired) electrons. The highest BCUT2D eigenvalue weighted by molar-refractivity contribution is 5.70. The predicted octanol–water partition coefficient (Wildman–Crippen LogP) is 15.6. The molecule has 58 heavy (non-hydrogen) atoms. The quantitative estimate of drug-likeness (QED) is 0.0378. The Kier molecular flexibility index (Phi) is 45.5. The molecule has 1 N–H and O–H groups in total. The van der Waals surface area contributed by atoms with Crippen molar-refractivity contribution in [2.45, 2.75) is 213 Å². The highest BCUT2D eigenvalue weighted by Crippen LogP contribution is 2.14. The van der Waals surface area contributed by atoms with E-state index in [0.717, 1.165) is 103 Å². The molecule has 5 nitrogen and oxygen atoms in total. The molecule has 0 spiro atoms. The molecular formula is C53H88O5. The van der Waals surface area contributed by atoms with Crippen LogP contribution in [0.15, 0.2) is 97.2 Å². The van der Waals surface area contributed by atoms with E-state index in [1.807, 2.05) is 0 Å². The molecule has 330 valence electrons. The van der Waals surface area contributed by atoms with Gasteiger partial charge in [-0.2, -0.15) is 0 Å². The average Bonchev–Trinajstić information content (AvgIpc) is 3.23. The van der Waals surface area contributed by atoms with Crippen LogP contribution in [0.5, 0.6) is 0 Å². The number of hydrogen-bond acceptors (Lipinski definition) is 5. The summed E-state index contributed by atoms with van der Waals surface area (Å²) >= 11 is 0. The predicted molar refractivity (Wildman–Crippen MR) is 251 cm³/mol. The Labute approximate surface area is 358 Å². The number of ether oxygens (including phenoxy) is 2.